The van der Waals surface area contributed by atoms with Gasteiger partial charge in [-0.2, -0.15) is 0 Å². The summed E-state index contributed by atoms with van der Waals surface area (Å²) < 4.78 is 0. The van der Waals surface area contributed by atoms with Crippen LogP contribution in [0.5, 0.6) is 0 Å². The predicted octanol–water partition coefficient (Wildman–Crippen LogP) is 2.24. The first-order chi connectivity index (χ1) is 8.14. The van der Waals surface area contributed by atoms with Gasteiger partial charge in [-0.3, -0.25) is 4.79 Å². The molecule has 0 fully saturated rings. The van der Waals surface area contributed by atoms with Crippen molar-refractivity contribution >= 4 is 22.9 Å². The van der Waals surface area contributed by atoms with Gasteiger partial charge in [0, 0.05) is 11.3 Å². The third kappa shape index (κ3) is 1.28. The highest BCUT2D eigenvalue weighted by Gasteiger charge is 2.48. The van der Waals surface area contributed by atoms with E-state index in [4.69, 9.17) is 0 Å². The Morgan fingerprint density at radius 2 is 2.06 bits per heavy atom. The highest BCUT2D eigenvalue weighted by molar-refractivity contribution is 7.10. The lowest BCUT2D eigenvalue weighted by Gasteiger charge is -2.20. The van der Waals surface area contributed by atoms with Gasteiger partial charge in [-0.15, -0.1) is 11.3 Å². The summed E-state index contributed by atoms with van der Waals surface area (Å²) in [5.41, 5.74) is 0.724. The van der Waals surface area contributed by atoms with E-state index in [1.165, 1.54) is 11.3 Å². The summed E-state index contributed by atoms with van der Waals surface area (Å²) in [5.74, 6) is -0.371. The van der Waals surface area contributed by atoms with Crippen LogP contribution in [0.4, 0.5) is 5.69 Å². The molecule has 1 amide bonds. The molecule has 86 valence electrons. The molecule has 3 nitrogen and oxygen atoms in total. The van der Waals surface area contributed by atoms with Gasteiger partial charge < -0.3 is 10.4 Å². The average Bonchev–Trinajstić information content (AvgIpc) is 2.84. The minimum Gasteiger partial charge on any atom is -0.371 e. The predicted molar refractivity (Wildman–Crippen MR) is 67.1 cm³/mol. The van der Waals surface area contributed by atoms with Crippen molar-refractivity contribution in [1.29, 1.82) is 0 Å². The van der Waals surface area contributed by atoms with Gasteiger partial charge in [-0.1, -0.05) is 18.2 Å². The van der Waals surface area contributed by atoms with Gasteiger partial charge in [-0.05, 0) is 30.0 Å². The molecule has 2 aromatic rings. The van der Waals surface area contributed by atoms with Crippen molar-refractivity contribution in [2.24, 2.45) is 0 Å². The van der Waals surface area contributed by atoms with Gasteiger partial charge in [0.1, 0.15) is 0 Å². The monoisotopic (exact) mass is 245 g/mol. The van der Waals surface area contributed by atoms with Crippen LogP contribution >= 0.6 is 11.3 Å². The fourth-order valence-corrected chi connectivity index (χ4v) is 3.25. The maximum absolute atomic E-state index is 12.0. The number of hydrogen-bond acceptors (Lipinski definition) is 3. The van der Waals surface area contributed by atoms with E-state index >= 15 is 0 Å². The van der Waals surface area contributed by atoms with Crippen molar-refractivity contribution in [3.8, 4) is 0 Å². The molecule has 0 radical (unpaired) electrons. The Kier molecular flexibility index (Phi) is 2.11. The summed E-state index contributed by atoms with van der Waals surface area (Å²) in [6.45, 7) is 1.90. The van der Waals surface area contributed by atoms with Gasteiger partial charge in [-0.25, -0.2) is 0 Å². The van der Waals surface area contributed by atoms with Crippen molar-refractivity contribution in [3.63, 3.8) is 0 Å². The molecule has 2 N–H and O–H groups in total. The zero-order valence-electron chi connectivity index (χ0n) is 9.23. The van der Waals surface area contributed by atoms with E-state index in [1.807, 2.05) is 30.5 Å². The summed E-state index contributed by atoms with van der Waals surface area (Å²) in [5, 5.41) is 15.4. The van der Waals surface area contributed by atoms with E-state index in [0.29, 0.717) is 16.1 Å². The summed E-state index contributed by atoms with van der Waals surface area (Å²) in [4.78, 5) is 12.7. The highest BCUT2D eigenvalue weighted by atomic mass is 32.1. The largest absolute Gasteiger partial charge is 0.371 e. The maximum atomic E-state index is 12.0. The van der Waals surface area contributed by atoms with Crippen LogP contribution < -0.4 is 5.32 Å². The topological polar surface area (TPSA) is 49.3 Å². The Morgan fingerprint density at radius 3 is 2.76 bits per heavy atom. The third-order valence-corrected chi connectivity index (χ3v) is 4.21. The van der Waals surface area contributed by atoms with Gasteiger partial charge in [0.25, 0.3) is 5.91 Å². The van der Waals surface area contributed by atoms with Crippen LogP contribution in [0.1, 0.15) is 16.0 Å². The number of nitrogens with one attached hydrogen (secondary N) is 1. The van der Waals surface area contributed by atoms with E-state index in [1.54, 1.807) is 12.1 Å². The van der Waals surface area contributed by atoms with Crippen LogP contribution in [0.2, 0.25) is 0 Å². The number of para-hydroxylation sites is 1. The summed E-state index contributed by atoms with van der Waals surface area (Å²) in [7, 11) is 0. The van der Waals surface area contributed by atoms with Gasteiger partial charge in [0.15, 0.2) is 0 Å². The lowest BCUT2D eigenvalue weighted by atomic mass is 9.92. The molecule has 1 aliphatic rings. The molecule has 17 heavy (non-hydrogen) atoms. The van der Waals surface area contributed by atoms with E-state index in [-0.39, 0.29) is 5.91 Å². The van der Waals surface area contributed by atoms with E-state index in [0.717, 1.165) is 5.56 Å². The van der Waals surface area contributed by atoms with Crippen molar-refractivity contribution in [3.05, 3.63) is 51.7 Å². The number of carbonyl (C=O) groups is 1. The molecule has 4 heteroatoms. The van der Waals surface area contributed by atoms with E-state index in [9.17, 15) is 9.90 Å². The second-order valence-corrected chi connectivity index (χ2v) is 5.06. The molecule has 1 unspecified atom stereocenters. The van der Waals surface area contributed by atoms with Crippen molar-refractivity contribution in [2.75, 3.05) is 5.32 Å². The van der Waals surface area contributed by atoms with Crippen LogP contribution in [0.15, 0.2) is 35.7 Å². The first-order valence-corrected chi connectivity index (χ1v) is 6.20. The Balaban J connectivity index is 2.27. The number of aryl methyl sites for hydroxylation is 1. The highest BCUT2D eigenvalue weighted by Crippen LogP contribution is 2.43. The molecule has 0 spiro atoms. The molecule has 0 bridgehead atoms. The quantitative estimate of drug-likeness (QED) is 0.809. The summed E-state index contributed by atoms with van der Waals surface area (Å²) in [6.07, 6.45) is 0. The zero-order valence-corrected chi connectivity index (χ0v) is 10.0. The standard InChI is InChI=1S/C13H11NO2S/c1-8-6-7-17-11(8)13(16)9-4-2-3-5-10(9)14-12(13)15/h2-7,16H,1H3,(H,14,15). The molecule has 0 saturated heterocycles. The van der Waals surface area contributed by atoms with Gasteiger partial charge >= 0.3 is 0 Å². The van der Waals surface area contributed by atoms with Crippen LogP contribution in [0, 0.1) is 6.92 Å². The third-order valence-electron chi connectivity index (χ3n) is 3.08. The van der Waals surface area contributed by atoms with Crippen molar-refractivity contribution < 1.29 is 9.90 Å². The Morgan fingerprint density at radius 1 is 1.29 bits per heavy atom. The second kappa shape index (κ2) is 3.42. The molecule has 1 atom stereocenters. The Labute approximate surface area is 103 Å². The number of thiophene rings is 1. The SMILES string of the molecule is Cc1ccsc1C1(O)C(=O)Nc2ccccc21. The molecule has 1 aromatic carbocycles. The maximum Gasteiger partial charge on any atom is 0.266 e. The fraction of sp³-hybridized carbons (Fsp3) is 0.154. The van der Waals surface area contributed by atoms with Crippen LogP contribution in [-0.4, -0.2) is 11.0 Å². The fourth-order valence-electron chi connectivity index (χ4n) is 2.21. The minimum atomic E-state index is -1.53. The van der Waals surface area contributed by atoms with Crippen LogP contribution in [0.3, 0.4) is 0 Å². The molecule has 3 rings (SSSR count). The lowest BCUT2D eigenvalue weighted by molar-refractivity contribution is -0.129. The molecular formula is C13H11NO2S. The first kappa shape index (κ1) is 10.5. The average molecular weight is 245 g/mol. The molecule has 1 aromatic heterocycles. The molecular weight excluding hydrogens is 234 g/mol. The number of fused-ring (bicyclic) bond motifs is 1. The molecule has 0 saturated carbocycles. The Bertz CT molecular complexity index is 605. The number of anilines is 1. The van der Waals surface area contributed by atoms with E-state index < -0.39 is 5.60 Å². The number of aliphatic hydroxyl groups is 1. The minimum absolute atomic E-state index is 0.371. The van der Waals surface area contributed by atoms with Crippen molar-refractivity contribution in [2.45, 2.75) is 12.5 Å². The molecule has 0 aliphatic carbocycles. The van der Waals surface area contributed by atoms with Gasteiger partial charge in [0.2, 0.25) is 5.60 Å². The number of hydrogen-bond donors (Lipinski definition) is 2. The normalized spacial score (nSPS) is 22.4. The van der Waals surface area contributed by atoms with Crippen LogP contribution in [-0.2, 0) is 10.4 Å². The lowest BCUT2D eigenvalue weighted by Crippen LogP contribution is -2.35. The summed E-state index contributed by atoms with van der Waals surface area (Å²) >= 11 is 1.40. The number of benzene rings is 1. The number of amides is 1. The van der Waals surface area contributed by atoms with E-state index in [2.05, 4.69) is 5.32 Å². The molecule has 2 heterocycles. The van der Waals surface area contributed by atoms with Gasteiger partial charge in [0.05, 0.1) is 4.88 Å². The summed E-state index contributed by atoms with van der Waals surface area (Å²) in [6, 6.07) is 9.16. The smallest absolute Gasteiger partial charge is 0.266 e. The number of carbonyl (C=O) groups excluding carboxylic acids is 1. The molecule has 1 aliphatic heterocycles. The first-order valence-electron chi connectivity index (χ1n) is 5.32. The van der Waals surface area contributed by atoms with Crippen molar-refractivity contribution in [1.82, 2.24) is 0 Å². The second-order valence-electron chi connectivity index (χ2n) is 4.14. The number of rotatable bonds is 1. The van der Waals surface area contributed by atoms with Crippen LogP contribution in [0.25, 0.3) is 0 Å². The zero-order chi connectivity index (χ0) is 12.0. The Hall–Kier alpha value is -1.65.